The average Bonchev–Trinajstić information content (AvgIpc) is 2.86. The van der Waals surface area contributed by atoms with Gasteiger partial charge in [-0.05, 0) is 30.0 Å². The van der Waals surface area contributed by atoms with E-state index < -0.39 is 17.8 Å². The fourth-order valence-corrected chi connectivity index (χ4v) is 4.81. The SMILES string of the molecule is O=C(O)C1=C(C(=O)COCCC2CCCCC2)NC(c2ccccc2)=NC1c1cccc(Cl)c1. The number of carboxylic acids is 1. The zero-order valence-corrected chi connectivity index (χ0v) is 19.8. The van der Waals surface area contributed by atoms with Gasteiger partial charge in [-0.1, -0.05) is 86.2 Å². The molecule has 0 bridgehead atoms. The van der Waals surface area contributed by atoms with Crippen LogP contribution < -0.4 is 5.32 Å². The topological polar surface area (TPSA) is 88.0 Å². The number of carbonyl (C=O) groups excluding carboxylic acids is 1. The Balaban J connectivity index is 1.58. The van der Waals surface area contributed by atoms with E-state index in [-0.39, 0.29) is 17.9 Å². The van der Waals surface area contributed by atoms with Crippen molar-refractivity contribution in [3.05, 3.63) is 82.0 Å². The maximum Gasteiger partial charge on any atom is 0.336 e. The largest absolute Gasteiger partial charge is 0.478 e. The molecule has 7 heteroatoms. The van der Waals surface area contributed by atoms with Gasteiger partial charge >= 0.3 is 5.97 Å². The number of halogens is 1. The standard InChI is InChI=1S/C27H29ClN2O4/c28-21-13-7-12-20(16-21)24-23(27(32)33)25(30-26(29-24)19-10-5-2-6-11-19)22(31)17-34-15-14-18-8-3-1-4-9-18/h2,5-7,10-13,16,18,24H,1,3-4,8-9,14-15,17H2,(H,29,30)(H,32,33). The first-order valence-corrected chi connectivity index (χ1v) is 12.1. The third kappa shape index (κ3) is 5.93. The van der Waals surface area contributed by atoms with Crippen molar-refractivity contribution in [1.29, 1.82) is 0 Å². The fourth-order valence-electron chi connectivity index (χ4n) is 4.62. The van der Waals surface area contributed by atoms with Crippen LogP contribution in [0.2, 0.25) is 5.02 Å². The van der Waals surface area contributed by atoms with Crippen LogP contribution in [-0.2, 0) is 14.3 Å². The molecule has 2 aliphatic rings. The highest BCUT2D eigenvalue weighted by molar-refractivity contribution is 6.30. The van der Waals surface area contributed by atoms with Gasteiger partial charge < -0.3 is 15.2 Å². The lowest BCUT2D eigenvalue weighted by Crippen LogP contribution is -2.38. The van der Waals surface area contributed by atoms with Crippen molar-refractivity contribution in [2.45, 2.75) is 44.6 Å². The number of nitrogens with zero attached hydrogens (tertiary/aromatic N) is 1. The molecule has 0 saturated heterocycles. The van der Waals surface area contributed by atoms with Gasteiger partial charge in [-0.3, -0.25) is 9.79 Å². The quantitative estimate of drug-likeness (QED) is 0.474. The lowest BCUT2D eigenvalue weighted by Gasteiger charge is -2.26. The monoisotopic (exact) mass is 480 g/mol. The highest BCUT2D eigenvalue weighted by Crippen LogP contribution is 2.33. The summed E-state index contributed by atoms with van der Waals surface area (Å²) in [5.74, 6) is -0.536. The van der Waals surface area contributed by atoms with Crippen molar-refractivity contribution < 1.29 is 19.4 Å². The van der Waals surface area contributed by atoms with E-state index in [2.05, 4.69) is 10.3 Å². The van der Waals surface area contributed by atoms with E-state index in [1.807, 2.05) is 30.3 Å². The molecule has 0 amide bonds. The Labute approximate surface area is 204 Å². The van der Waals surface area contributed by atoms with Gasteiger partial charge in [-0.25, -0.2) is 4.79 Å². The van der Waals surface area contributed by atoms with Crippen LogP contribution >= 0.6 is 11.6 Å². The van der Waals surface area contributed by atoms with E-state index in [9.17, 15) is 14.7 Å². The molecule has 0 spiro atoms. The Morgan fingerprint density at radius 1 is 1.06 bits per heavy atom. The second kappa shape index (κ2) is 11.4. The molecule has 2 aromatic rings. The molecular formula is C27H29ClN2O4. The summed E-state index contributed by atoms with van der Waals surface area (Å²) in [6, 6.07) is 15.3. The smallest absolute Gasteiger partial charge is 0.336 e. The molecule has 178 valence electrons. The number of rotatable bonds is 9. The molecule has 2 aromatic carbocycles. The van der Waals surface area contributed by atoms with E-state index >= 15 is 0 Å². The lowest BCUT2D eigenvalue weighted by atomic mass is 9.87. The molecule has 1 atom stereocenters. The van der Waals surface area contributed by atoms with Crippen LogP contribution in [0.5, 0.6) is 0 Å². The third-order valence-electron chi connectivity index (χ3n) is 6.39. The van der Waals surface area contributed by atoms with Gasteiger partial charge in [0.05, 0.1) is 11.3 Å². The van der Waals surface area contributed by atoms with E-state index in [0.29, 0.717) is 28.9 Å². The Kier molecular flexibility index (Phi) is 8.14. The molecule has 2 N–H and O–H groups in total. The second-order valence-corrected chi connectivity index (χ2v) is 9.23. The molecular weight excluding hydrogens is 452 g/mol. The minimum Gasteiger partial charge on any atom is -0.478 e. The Bertz CT molecular complexity index is 1090. The van der Waals surface area contributed by atoms with Gasteiger partial charge in [0.25, 0.3) is 0 Å². The van der Waals surface area contributed by atoms with Crippen LogP contribution in [-0.4, -0.2) is 35.9 Å². The summed E-state index contributed by atoms with van der Waals surface area (Å²) in [5, 5.41) is 13.5. The molecule has 1 unspecified atom stereocenters. The van der Waals surface area contributed by atoms with Crippen LogP contribution in [0, 0.1) is 5.92 Å². The molecule has 4 rings (SSSR count). The minimum absolute atomic E-state index is 0.00370. The number of hydrogen-bond donors (Lipinski definition) is 2. The molecule has 0 radical (unpaired) electrons. The Morgan fingerprint density at radius 3 is 2.53 bits per heavy atom. The number of nitrogens with one attached hydrogen (secondary N) is 1. The maximum atomic E-state index is 13.2. The van der Waals surface area contributed by atoms with Gasteiger partial charge in [-0.15, -0.1) is 0 Å². The maximum absolute atomic E-state index is 13.2. The summed E-state index contributed by atoms with van der Waals surface area (Å²) < 4.78 is 5.70. The summed E-state index contributed by atoms with van der Waals surface area (Å²) in [6.45, 7) is 0.305. The first-order chi connectivity index (χ1) is 16.5. The Hall–Kier alpha value is -2.96. The first kappa shape index (κ1) is 24.2. The predicted octanol–water partition coefficient (Wildman–Crippen LogP) is 5.33. The summed E-state index contributed by atoms with van der Waals surface area (Å²) in [4.78, 5) is 30.2. The summed E-state index contributed by atoms with van der Waals surface area (Å²) >= 11 is 6.18. The number of ketones is 1. The number of hydrogen-bond acceptors (Lipinski definition) is 5. The van der Waals surface area contributed by atoms with Crippen LogP contribution in [0.3, 0.4) is 0 Å². The van der Waals surface area contributed by atoms with Gasteiger partial charge in [0.1, 0.15) is 18.5 Å². The van der Waals surface area contributed by atoms with Crippen LogP contribution in [0.4, 0.5) is 0 Å². The molecule has 34 heavy (non-hydrogen) atoms. The molecule has 1 aliphatic heterocycles. The highest BCUT2D eigenvalue weighted by Gasteiger charge is 2.34. The number of aliphatic imine (C=N–C) groups is 1. The van der Waals surface area contributed by atoms with E-state index in [1.165, 1.54) is 32.1 Å². The number of benzene rings is 2. The highest BCUT2D eigenvalue weighted by atomic mass is 35.5. The van der Waals surface area contributed by atoms with E-state index in [1.54, 1.807) is 24.3 Å². The zero-order chi connectivity index (χ0) is 23.9. The van der Waals surface area contributed by atoms with Gasteiger partial charge in [0, 0.05) is 17.2 Å². The summed E-state index contributed by atoms with van der Waals surface area (Å²) in [6.07, 6.45) is 7.17. The molecule has 1 fully saturated rings. The van der Waals surface area contributed by atoms with Crippen molar-refractivity contribution in [1.82, 2.24) is 5.32 Å². The predicted molar refractivity (Wildman–Crippen MR) is 132 cm³/mol. The molecule has 0 aromatic heterocycles. The van der Waals surface area contributed by atoms with Crippen molar-refractivity contribution in [2.24, 2.45) is 10.9 Å². The number of carbonyl (C=O) groups is 2. The molecule has 1 heterocycles. The second-order valence-electron chi connectivity index (χ2n) is 8.79. The van der Waals surface area contributed by atoms with Gasteiger partial charge in [0.15, 0.2) is 0 Å². The zero-order valence-electron chi connectivity index (χ0n) is 19.0. The molecule has 6 nitrogen and oxygen atoms in total. The van der Waals surface area contributed by atoms with Crippen LogP contribution in [0.15, 0.2) is 70.9 Å². The fraction of sp³-hybridized carbons (Fsp3) is 0.370. The van der Waals surface area contributed by atoms with Crippen LogP contribution in [0.25, 0.3) is 0 Å². The number of aliphatic carboxylic acids is 1. The number of amidine groups is 1. The van der Waals surface area contributed by atoms with Gasteiger partial charge in [0.2, 0.25) is 5.78 Å². The number of ether oxygens (including phenoxy) is 1. The van der Waals surface area contributed by atoms with Crippen molar-refractivity contribution in [2.75, 3.05) is 13.2 Å². The third-order valence-corrected chi connectivity index (χ3v) is 6.63. The number of carboxylic acid groups (broad SMARTS) is 1. The molecule has 1 saturated carbocycles. The normalized spacial score (nSPS) is 18.9. The first-order valence-electron chi connectivity index (χ1n) is 11.8. The average molecular weight is 481 g/mol. The number of Topliss-reactive ketones (excluding diaryl/α,β-unsaturated/α-hetero) is 1. The van der Waals surface area contributed by atoms with Crippen molar-refractivity contribution in [3.8, 4) is 0 Å². The Morgan fingerprint density at radius 2 is 1.82 bits per heavy atom. The van der Waals surface area contributed by atoms with Crippen LogP contribution in [0.1, 0.15) is 55.7 Å². The van der Waals surface area contributed by atoms with Crippen molar-refractivity contribution >= 4 is 29.2 Å². The summed E-state index contributed by atoms with van der Waals surface area (Å²) in [5.41, 5.74) is 1.25. The van der Waals surface area contributed by atoms with Crippen molar-refractivity contribution in [3.63, 3.8) is 0 Å². The molecule has 1 aliphatic carbocycles. The van der Waals surface area contributed by atoms with E-state index in [4.69, 9.17) is 16.3 Å². The minimum atomic E-state index is -1.21. The summed E-state index contributed by atoms with van der Waals surface area (Å²) in [7, 11) is 0. The van der Waals surface area contributed by atoms with Gasteiger partial charge in [-0.2, -0.15) is 0 Å². The van der Waals surface area contributed by atoms with E-state index in [0.717, 1.165) is 12.0 Å². The lowest BCUT2D eigenvalue weighted by molar-refractivity contribution is -0.133.